The largest absolute Gasteiger partial charge is 0.464 e. The minimum absolute atomic E-state index is 0.0929. The van der Waals surface area contributed by atoms with Gasteiger partial charge < -0.3 is 15.0 Å². The van der Waals surface area contributed by atoms with E-state index in [-0.39, 0.29) is 18.0 Å². The molecule has 2 rings (SSSR count). The first-order valence-electron chi connectivity index (χ1n) is 7.46. The first-order valence-corrected chi connectivity index (χ1v) is 7.46. The molecule has 1 aliphatic carbocycles. The highest BCUT2D eigenvalue weighted by molar-refractivity contribution is 5.84. The molecule has 0 bridgehead atoms. The zero-order valence-corrected chi connectivity index (χ0v) is 11.7. The van der Waals surface area contributed by atoms with E-state index in [1.807, 2.05) is 0 Å². The summed E-state index contributed by atoms with van der Waals surface area (Å²) in [6.45, 7) is 2.82. The third-order valence-electron chi connectivity index (χ3n) is 4.01. The fraction of sp³-hybridized carbons (Fsp3) is 0.857. The van der Waals surface area contributed by atoms with Gasteiger partial charge in [-0.25, -0.2) is 9.59 Å². The lowest BCUT2D eigenvalue weighted by Crippen LogP contribution is -2.53. The van der Waals surface area contributed by atoms with Gasteiger partial charge in [0.1, 0.15) is 6.04 Å². The quantitative estimate of drug-likeness (QED) is 0.797. The van der Waals surface area contributed by atoms with Crippen LogP contribution in [0.1, 0.15) is 51.9 Å². The van der Waals surface area contributed by atoms with Crippen molar-refractivity contribution < 1.29 is 14.3 Å². The Labute approximate surface area is 114 Å². The van der Waals surface area contributed by atoms with E-state index in [0.717, 1.165) is 32.1 Å². The van der Waals surface area contributed by atoms with Crippen molar-refractivity contribution in [3.8, 4) is 0 Å². The summed E-state index contributed by atoms with van der Waals surface area (Å²) < 4.78 is 5.07. The lowest BCUT2D eigenvalue weighted by molar-refractivity contribution is -0.149. The van der Waals surface area contributed by atoms with Crippen molar-refractivity contribution in [3.05, 3.63) is 0 Å². The van der Waals surface area contributed by atoms with Crippen molar-refractivity contribution in [2.24, 2.45) is 0 Å². The van der Waals surface area contributed by atoms with E-state index < -0.39 is 6.04 Å². The number of nitrogens with one attached hydrogen (secondary N) is 1. The smallest absolute Gasteiger partial charge is 0.328 e. The first kappa shape index (κ1) is 14.2. The van der Waals surface area contributed by atoms with Crippen LogP contribution in [0, 0.1) is 0 Å². The average molecular weight is 268 g/mol. The first-order chi connectivity index (χ1) is 9.22. The van der Waals surface area contributed by atoms with E-state index in [9.17, 15) is 9.59 Å². The number of likely N-dealkylation sites (tertiary alicyclic amines) is 1. The Hall–Kier alpha value is -1.26. The van der Waals surface area contributed by atoms with Crippen molar-refractivity contribution in [2.75, 3.05) is 13.2 Å². The Morgan fingerprint density at radius 3 is 2.53 bits per heavy atom. The second-order valence-corrected chi connectivity index (χ2v) is 5.39. The summed E-state index contributed by atoms with van der Waals surface area (Å²) in [7, 11) is 0. The fourth-order valence-corrected chi connectivity index (χ4v) is 2.99. The van der Waals surface area contributed by atoms with Crippen LogP contribution in [-0.4, -0.2) is 42.1 Å². The van der Waals surface area contributed by atoms with E-state index in [1.54, 1.807) is 11.8 Å². The van der Waals surface area contributed by atoms with Crippen molar-refractivity contribution in [3.63, 3.8) is 0 Å². The molecule has 2 amide bonds. The number of carbonyl (C=O) groups is 2. The standard InChI is InChI=1S/C14H24N2O3/c1-2-19-13(17)12-9-5-6-10-16(12)14(18)15-11-7-3-4-8-11/h11-12H,2-10H2,1H3,(H,15,18). The maximum Gasteiger partial charge on any atom is 0.328 e. The minimum Gasteiger partial charge on any atom is -0.464 e. The summed E-state index contributed by atoms with van der Waals surface area (Å²) >= 11 is 0. The number of piperidine rings is 1. The van der Waals surface area contributed by atoms with E-state index in [2.05, 4.69) is 5.32 Å². The molecule has 19 heavy (non-hydrogen) atoms. The monoisotopic (exact) mass is 268 g/mol. The Morgan fingerprint density at radius 2 is 1.84 bits per heavy atom. The van der Waals surface area contributed by atoms with Crippen LogP contribution in [0.25, 0.3) is 0 Å². The number of esters is 1. The number of rotatable bonds is 3. The molecule has 108 valence electrons. The molecule has 1 unspecified atom stereocenters. The highest BCUT2D eigenvalue weighted by Crippen LogP contribution is 2.21. The SMILES string of the molecule is CCOC(=O)C1CCCCN1C(=O)NC1CCCC1. The normalized spacial score (nSPS) is 24.3. The molecular formula is C14H24N2O3. The van der Waals surface area contributed by atoms with Crippen molar-refractivity contribution in [1.82, 2.24) is 10.2 Å². The van der Waals surface area contributed by atoms with E-state index in [0.29, 0.717) is 13.2 Å². The Balaban J connectivity index is 1.93. The van der Waals surface area contributed by atoms with E-state index in [4.69, 9.17) is 4.74 Å². The minimum atomic E-state index is -0.393. The second-order valence-electron chi connectivity index (χ2n) is 5.39. The van der Waals surface area contributed by atoms with Gasteiger partial charge in [0.25, 0.3) is 0 Å². The lowest BCUT2D eigenvalue weighted by atomic mass is 10.0. The molecule has 2 aliphatic rings. The van der Waals surface area contributed by atoms with Crippen LogP contribution in [-0.2, 0) is 9.53 Å². The summed E-state index contributed by atoms with van der Waals surface area (Å²) in [5, 5.41) is 3.05. The van der Waals surface area contributed by atoms with Crippen LogP contribution in [0.15, 0.2) is 0 Å². The Kier molecular flexibility index (Phi) is 5.05. The van der Waals surface area contributed by atoms with Crippen LogP contribution >= 0.6 is 0 Å². The van der Waals surface area contributed by atoms with Crippen LogP contribution in [0.3, 0.4) is 0 Å². The summed E-state index contributed by atoms with van der Waals surface area (Å²) in [6, 6.07) is -0.197. The summed E-state index contributed by atoms with van der Waals surface area (Å²) in [6.07, 6.45) is 7.16. The Morgan fingerprint density at radius 1 is 1.16 bits per heavy atom. The molecule has 0 aromatic rings. The van der Waals surface area contributed by atoms with Gasteiger partial charge in [-0.2, -0.15) is 0 Å². The Bertz CT molecular complexity index is 327. The van der Waals surface area contributed by atoms with Crippen LogP contribution in [0.2, 0.25) is 0 Å². The molecule has 1 atom stereocenters. The van der Waals surface area contributed by atoms with Gasteiger partial charge in [0.2, 0.25) is 0 Å². The average Bonchev–Trinajstić information content (AvgIpc) is 2.92. The molecule has 0 radical (unpaired) electrons. The van der Waals surface area contributed by atoms with E-state index in [1.165, 1.54) is 12.8 Å². The summed E-state index contributed by atoms with van der Waals surface area (Å²) in [5.74, 6) is -0.260. The molecule has 1 N–H and O–H groups in total. The highest BCUT2D eigenvalue weighted by Gasteiger charge is 2.34. The molecule has 5 heteroatoms. The predicted molar refractivity (Wildman–Crippen MR) is 71.8 cm³/mol. The third-order valence-corrected chi connectivity index (χ3v) is 4.01. The van der Waals surface area contributed by atoms with Gasteiger partial charge in [-0.15, -0.1) is 0 Å². The molecule has 2 fully saturated rings. The number of ether oxygens (including phenoxy) is 1. The number of amides is 2. The fourth-order valence-electron chi connectivity index (χ4n) is 2.99. The highest BCUT2D eigenvalue weighted by atomic mass is 16.5. The molecule has 1 heterocycles. The van der Waals surface area contributed by atoms with Crippen LogP contribution in [0.4, 0.5) is 4.79 Å². The van der Waals surface area contributed by atoms with Gasteiger partial charge >= 0.3 is 12.0 Å². The molecule has 1 saturated heterocycles. The predicted octanol–water partition coefficient (Wildman–Crippen LogP) is 2.06. The van der Waals surface area contributed by atoms with E-state index >= 15 is 0 Å². The van der Waals surface area contributed by atoms with Gasteiger partial charge in [-0.05, 0) is 39.0 Å². The van der Waals surface area contributed by atoms with Crippen molar-refractivity contribution in [2.45, 2.75) is 64.0 Å². The topological polar surface area (TPSA) is 58.6 Å². The van der Waals surface area contributed by atoms with Gasteiger partial charge in [0, 0.05) is 12.6 Å². The molecule has 1 saturated carbocycles. The van der Waals surface area contributed by atoms with Gasteiger partial charge in [0.15, 0.2) is 0 Å². The second kappa shape index (κ2) is 6.78. The molecule has 0 spiro atoms. The van der Waals surface area contributed by atoms with Gasteiger partial charge in [-0.3, -0.25) is 0 Å². The third kappa shape index (κ3) is 3.61. The number of hydrogen-bond donors (Lipinski definition) is 1. The molecule has 0 aromatic carbocycles. The van der Waals surface area contributed by atoms with Crippen molar-refractivity contribution in [1.29, 1.82) is 0 Å². The van der Waals surface area contributed by atoms with Gasteiger partial charge in [0.05, 0.1) is 6.61 Å². The molecule has 5 nitrogen and oxygen atoms in total. The summed E-state index contributed by atoms with van der Waals surface area (Å²) in [4.78, 5) is 25.9. The van der Waals surface area contributed by atoms with Crippen LogP contribution < -0.4 is 5.32 Å². The molecular weight excluding hydrogens is 244 g/mol. The molecule has 0 aromatic heterocycles. The van der Waals surface area contributed by atoms with Gasteiger partial charge in [-0.1, -0.05) is 12.8 Å². The maximum atomic E-state index is 12.3. The lowest BCUT2D eigenvalue weighted by Gasteiger charge is -2.34. The number of hydrogen-bond acceptors (Lipinski definition) is 3. The number of urea groups is 1. The van der Waals surface area contributed by atoms with Crippen LogP contribution in [0.5, 0.6) is 0 Å². The zero-order valence-electron chi connectivity index (χ0n) is 11.7. The summed E-state index contributed by atoms with van der Waals surface area (Å²) in [5.41, 5.74) is 0. The number of nitrogens with zero attached hydrogens (tertiary/aromatic N) is 1. The number of carbonyl (C=O) groups excluding carboxylic acids is 2. The van der Waals surface area contributed by atoms with Crippen molar-refractivity contribution >= 4 is 12.0 Å². The zero-order chi connectivity index (χ0) is 13.7. The molecule has 1 aliphatic heterocycles. The maximum absolute atomic E-state index is 12.3.